The third-order valence-electron chi connectivity index (χ3n) is 7.89. The van der Waals surface area contributed by atoms with Gasteiger partial charge >= 0.3 is 0 Å². The lowest BCUT2D eigenvalue weighted by Crippen LogP contribution is -2.44. The smallest absolute Gasteiger partial charge is 0.298 e. The maximum absolute atomic E-state index is 13.1. The Labute approximate surface area is 252 Å². The third kappa shape index (κ3) is 7.22. The van der Waals surface area contributed by atoms with Crippen molar-refractivity contribution < 1.29 is 14.7 Å². The summed E-state index contributed by atoms with van der Waals surface area (Å²) in [7, 11) is 0. The van der Waals surface area contributed by atoms with Crippen LogP contribution in [-0.2, 0) is 17.6 Å². The van der Waals surface area contributed by atoms with Crippen LogP contribution < -0.4 is 10.6 Å². The molecule has 1 atom stereocenters. The highest BCUT2D eigenvalue weighted by Gasteiger charge is 2.24. The first-order chi connectivity index (χ1) is 20.8. The summed E-state index contributed by atoms with van der Waals surface area (Å²) in [5.74, 6) is 5.67. The van der Waals surface area contributed by atoms with Crippen molar-refractivity contribution in [1.29, 1.82) is 0 Å². The van der Waals surface area contributed by atoms with Gasteiger partial charge in [-0.25, -0.2) is 4.98 Å². The lowest BCUT2D eigenvalue weighted by Gasteiger charge is -2.32. The SMILES string of the molecule is Cc1cc(NC(=O)c2cccc(CCc3ccnc4[nH]nc(N[C@@H]5CCCN(C(=O)C#CCO)C5)c34)c2)ccc1C(C)C. The van der Waals surface area contributed by atoms with E-state index in [9.17, 15) is 9.59 Å². The number of aromatic amines is 1. The minimum absolute atomic E-state index is 0.0220. The van der Waals surface area contributed by atoms with E-state index in [1.807, 2.05) is 42.5 Å². The van der Waals surface area contributed by atoms with Gasteiger partial charge in [-0.05, 0) is 97.0 Å². The van der Waals surface area contributed by atoms with Gasteiger partial charge in [0, 0.05) is 36.6 Å². The van der Waals surface area contributed by atoms with Gasteiger partial charge in [0.15, 0.2) is 11.5 Å². The normalized spacial score (nSPS) is 14.8. The Balaban J connectivity index is 1.26. The molecular weight excluding hydrogens is 540 g/mol. The van der Waals surface area contributed by atoms with Crippen molar-refractivity contribution in [2.45, 2.75) is 58.4 Å². The van der Waals surface area contributed by atoms with Gasteiger partial charge in [-0.2, -0.15) is 5.10 Å². The number of hydrogen-bond acceptors (Lipinski definition) is 6. The molecule has 1 aliphatic heterocycles. The van der Waals surface area contributed by atoms with Crippen LogP contribution in [0.5, 0.6) is 0 Å². The quantitative estimate of drug-likeness (QED) is 0.222. The van der Waals surface area contributed by atoms with Gasteiger partial charge in [-0.3, -0.25) is 14.7 Å². The van der Waals surface area contributed by atoms with Crippen LogP contribution in [0, 0.1) is 18.8 Å². The van der Waals surface area contributed by atoms with Crippen molar-refractivity contribution in [1.82, 2.24) is 20.1 Å². The fraction of sp³-hybridized carbons (Fsp3) is 0.353. The first kappa shape index (κ1) is 29.8. The number of nitrogens with zero attached hydrogens (tertiary/aromatic N) is 3. The Kier molecular flexibility index (Phi) is 9.38. The monoisotopic (exact) mass is 578 g/mol. The first-order valence-electron chi connectivity index (χ1n) is 14.8. The number of aromatic nitrogens is 3. The van der Waals surface area contributed by atoms with E-state index >= 15 is 0 Å². The molecule has 5 rings (SSSR count). The summed E-state index contributed by atoms with van der Waals surface area (Å²) >= 11 is 0. The van der Waals surface area contributed by atoms with Crippen LogP contribution in [0.1, 0.15) is 65.2 Å². The molecule has 0 bridgehead atoms. The molecule has 0 spiro atoms. The predicted molar refractivity (Wildman–Crippen MR) is 169 cm³/mol. The molecule has 4 aromatic rings. The zero-order chi connectivity index (χ0) is 30.3. The number of amides is 2. The predicted octanol–water partition coefficient (Wildman–Crippen LogP) is 4.83. The number of fused-ring (bicyclic) bond motifs is 1. The van der Waals surface area contributed by atoms with Gasteiger partial charge in [0.2, 0.25) is 0 Å². The third-order valence-corrected chi connectivity index (χ3v) is 7.89. The number of H-pyrrole nitrogens is 1. The number of nitrogens with one attached hydrogen (secondary N) is 3. The van der Waals surface area contributed by atoms with Gasteiger partial charge in [0.25, 0.3) is 11.8 Å². The summed E-state index contributed by atoms with van der Waals surface area (Å²) in [5, 5.41) is 23.9. The molecule has 9 heteroatoms. The van der Waals surface area contributed by atoms with E-state index in [0.29, 0.717) is 36.0 Å². The van der Waals surface area contributed by atoms with Gasteiger partial charge in [-0.15, -0.1) is 0 Å². The minimum Gasteiger partial charge on any atom is -0.384 e. The zero-order valence-electron chi connectivity index (χ0n) is 24.9. The van der Waals surface area contributed by atoms with Crippen LogP contribution in [0.2, 0.25) is 0 Å². The molecule has 0 aliphatic carbocycles. The van der Waals surface area contributed by atoms with Gasteiger partial charge < -0.3 is 20.6 Å². The van der Waals surface area contributed by atoms with Crippen LogP contribution in [-0.4, -0.2) is 62.7 Å². The average Bonchev–Trinajstić information content (AvgIpc) is 3.42. The molecule has 9 nitrogen and oxygen atoms in total. The molecule has 2 amide bonds. The molecule has 43 heavy (non-hydrogen) atoms. The number of benzene rings is 2. The van der Waals surface area contributed by atoms with Crippen molar-refractivity contribution in [3.8, 4) is 11.8 Å². The number of pyridine rings is 1. The lowest BCUT2D eigenvalue weighted by atomic mass is 9.97. The fourth-order valence-corrected chi connectivity index (χ4v) is 5.75. The highest BCUT2D eigenvalue weighted by Crippen LogP contribution is 2.27. The second kappa shape index (κ2) is 13.5. The number of hydrogen-bond donors (Lipinski definition) is 4. The molecule has 1 saturated heterocycles. The number of aliphatic hydroxyl groups excluding tert-OH is 1. The number of likely N-dealkylation sites (tertiary alicyclic amines) is 1. The van der Waals surface area contributed by atoms with Crippen molar-refractivity contribution in [2.24, 2.45) is 0 Å². The Hall–Kier alpha value is -4.68. The molecular formula is C34H38N6O3. The standard InChI is InChI=1S/C34H38N6O3/c1-22(2)29-14-13-27(19-23(29)3)37-34(43)26-8-4-7-24(20-26)11-12-25-15-16-35-32-31(25)33(39-38-32)36-28-9-5-17-40(21-28)30(42)10-6-18-41/h4,7-8,13-16,19-20,22,28,41H,5,9,11-12,17-18,21H2,1-3H3,(H,37,43)(H2,35,36,38,39)/t28-/m1/s1. The molecule has 0 unspecified atom stereocenters. The number of carbonyl (C=O) groups is 2. The number of carbonyl (C=O) groups excluding carboxylic acids is 2. The topological polar surface area (TPSA) is 123 Å². The molecule has 1 fully saturated rings. The van der Waals surface area contributed by atoms with Gasteiger partial charge in [0.1, 0.15) is 6.61 Å². The van der Waals surface area contributed by atoms with Crippen LogP contribution >= 0.6 is 0 Å². The van der Waals surface area contributed by atoms with Crippen LogP contribution in [0.15, 0.2) is 54.7 Å². The summed E-state index contributed by atoms with van der Waals surface area (Å²) in [6.07, 6.45) is 5.00. The second-order valence-electron chi connectivity index (χ2n) is 11.3. The molecule has 222 valence electrons. The van der Waals surface area contributed by atoms with E-state index in [1.54, 1.807) is 11.1 Å². The fourth-order valence-electron chi connectivity index (χ4n) is 5.75. The van der Waals surface area contributed by atoms with E-state index < -0.39 is 0 Å². The Morgan fingerprint density at radius 3 is 2.81 bits per heavy atom. The van der Waals surface area contributed by atoms with Crippen LogP contribution in [0.3, 0.4) is 0 Å². The minimum atomic E-state index is -0.333. The molecule has 1 aliphatic rings. The molecule has 0 saturated carbocycles. The summed E-state index contributed by atoms with van der Waals surface area (Å²) < 4.78 is 0. The number of aliphatic hydroxyl groups is 1. The van der Waals surface area contributed by atoms with E-state index in [0.717, 1.165) is 47.9 Å². The summed E-state index contributed by atoms with van der Waals surface area (Å²) in [6.45, 7) is 7.23. The number of anilines is 2. The zero-order valence-corrected chi connectivity index (χ0v) is 24.9. The Morgan fingerprint density at radius 1 is 1.16 bits per heavy atom. The second-order valence-corrected chi connectivity index (χ2v) is 11.3. The Bertz CT molecular complexity index is 1680. The van der Waals surface area contributed by atoms with E-state index in [2.05, 4.69) is 64.5 Å². The van der Waals surface area contributed by atoms with Crippen molar-refractivity contribution in [3.05, 3.63) is 82.5 Å². The molecule has 2 aromatic carbocycles. The highest BCUT2D eigenvalue weighted by atomic mass is 16.2. The number of rotatable bonds is 8. The molecule has 0 radical (unpaired) electrons. The van der Waals surface area contributed by atoms with Crippen molar-refractivity contribution in [3.63, 3.8) is 0 Å². The average molecular weight is 579 g/mol. The number of aryl methyl sites for hydroxylation is 3. The first-order valence-corrected chi connectivity index (χ1v) is 14.8. The van der Waals surface area contributed by atoms with Crippen molar-refractivity contribution >= 4 is 34.4 Å². The van der Waals surface area contributed by atoms with Crippen molar-refractivity contribution in [2.75, 3.05) is 30.3 Å². The van der Waals surface area contributed by atoms with E-state index in [1.165, 1.54) is 11.1 Å². The Morgan fingerprint density at radius 2 is 2.02 bits per heavy atom. The van der Waals surface area contributed by atoms with E-state index in [4.69, 9.17) is 5.11 Å². The van der Waals surface area contributed by atoms with Crippen LogP contribution in [0.25, 0.3) is 11.0 Å². The van der Waals surface area contributed by atoms with Crippen LogP contribution in [0.4, 0.5) is 11.5 Å². The molecule has 4 N–H and O–H groups in total. The maximum atomic E-state index is 13.1. The highest BCUT2D eigenvalue weighted by molar-refractivity contribution is 6.04. The van der Waals surface area contributed by atoms with Gasteiger partial charge in [-0.1, -0.05) is 38.0 Å². The maximum Gasteiger partial charge on any atom is 0.298 e. The molecule has 2 aromatic heterocycles. The van der Waals surface area contributed by atoms with E-state index in [-0.39, 0.29) is 24.5 Å². The summed E-state index contributed by atoms with van der Waals surface area (Å²) in [6, 6.07) is 15.8. The van der Waals surface area contributed by atoms with Gasteiger partial charge in [0.05, 0.1) is 5.39 Å². The summed E-state index contributed by atoms with van der Waals surface area (Å²) in [5.41, 5.74) is 6.71. The summed E-state index contributed by atoms with van der Waals surface area (Å²) in [4.78, 5) is 31.6. The number of piperidine rings is 1. The largest absolute Gasteiger partial charge is 0.384 e. The molecule has 3 heterocycles. The lowest BCUT2D eigenvalue weighted by molar-refractivity contribution is -0.126.